The summed E-state index contributed by atoms with van der Waals surface area (Å²) in [4.78, 5) is 0.687. The highest BCUT2D eigenvalue weighted by Gasteiger charge is 2.30. The van der Waals surface area contributed by atoms with Crippen LogP contribution >= 0.6 is 11.8 Å². The third kappa shape index (κ3) is 5.75. The van der Waals surface area contributed by atoms with Gasteiger partial charge in [-0.2, -0.15) is 13.2 Å². The highest BCUT2D eigenvalue weighted by atomic mass is 32.2. The van der Waals surface area contributed by atoms with Crippen molar-refractivity contribution in [3.05, 3.63) is 78.4 Å². The lowest BCUT2D eigenvalue weighted by Gasteiger charge is -2.12. The quantitative estimate of drug-likeness (QED) is 0.442. The van der Waals surface area contributed by atoms with E-state index >= 15 is 0 Å². The smallest absolute Gasteiger partial charge is 0.280 e. The molecule has 0 aliphatic rings. The van der Waals surface area contributed by atoms with Gasteiger partial charge in [-0.05, 0) is 73.0 Å². The fourth-order valence-corrected chi connectivity index (χ4v) is 5.16. The van der Waals surface area contributed by atoms with Crippen molar-refractivity contribution in [3.63, 3.8) is 0 Å². The number of nitrogens with one attached hydrogen (secondary N) is 2. The number of hydrogen-bond donors (Lipinski definition) is 2. The van der Waals surface area contributed by atoms with Crippen molar-refractivity contribution in [1.29, 1.82) is 0 Å². The van der Waals surface area contributed by atoms with Gasteiger partial charge in [0.15, 0.2) is 0 Å². The highest BCUT2D eigenvalue weighted by Crippen LogP contribution is 2.31. The van der Waals surface area contributed by atoms with Gasteiger partial charge >= 0.3 is 6.18 Å². The van der Waals surface area contributed by atoms with Crippen molar-refractivity contribution >= 4 is 43.2 Å². The zero-order valence-electron chi connectivity index (χ0n) is 16.4. The van der Waals surface area contributed by atoms with Crippen LogP contribution in [0.4, 0.5) is 24.5 Å². The molecule has 12 heteroatoms. The Labute approximate surface area is 188 Å². The van der Waals surface area contributed by atoms with Gasteiger partial charge < -0.3 is 0 Å². The van der Waals surface area contributed by atoms with Crippen LogP contribution in [0, 0.1) is 0 Å². The van der Waals surface area contributed by atoms with Gasteiger partial charge in [-0.3, -0.25) is 9.44 Å². The molecule has 3 aromatic carbocycles. The molecule has 0 saturated heterocycles. The number of thioether (sulfide) groups is 1. The topological polar surface area (TPSA) is 92.3 Å². The Bertz CT molecular complexity index is 1310. The van der Waals surface area contributed by atoms with Gasteiger partial charge in [-0.15, -0.1) is 11.8 Å². The molecule has 6 nitrogen and oxygen atoms in total. The van der Waals surface area contributed by atoms with E-state index in [9.17, 15) is 30.0 Å². The summed E-state index contributed by atoms with van der Waals surface area (Å²) in [6.45, 7) is 0. The van der Waals surface area contributed by atoms with Crippen LogP contribution in [-0.4, -0.2) is 23.1 Å². The van der Waals surface area contributed by atoms with E-state index < -0.39 is 31.8 Å². The third-order valence-corrected chi connectivity index (χ3v) is 7.77. The normalized spacial score (nSPS) is 12.4. The summed E-state index contributed by atoms with van der Waals surface area (Å²) in [5, 5.41) is 0. The molecule has 0 aromatic heterocycles. The molecule has 0 aliphatic heterocycles. The third-order valence-electron chi connectivity index (χ3n) is 4.23. The predicted molar refractivity (Wildman–Crippen MR) is 118 cm³/mol. The Morgan fingerprint density at radius 1 is 0.719 bits per heavy atom. The Balaban J connectivity index is 1.77. The molecular formula is C20H17F3N2O4S3. The lowest BCUT2D eigenvalue weighted by molar-refractivity contribution is -0.137. The minimum Gasteiger partial charge on any atom is -0.280 e. The summed E-state index contributed by atoms with van der Waals surface area (Å²) in [6, 6.07) is 14.8. The van der Waals surface area contributed by atoms with E-state index in [0.717, 1.165) is 29.2 Å². The van der Waals surface area contributed by atoms with Crippen LogP contribution in [0.5, 0.6) is 0 Å². The second kappa shape index (κ2) is 9.04. The van der Waals surface area contributed by atoms with Crippen LogP contribution in [-0.2, 0) is 26.2 Å². The number of hydrogen-bond acceptors (Lipinski definition) is 5. The molecule has 3 rings (SSSR count). The first-order chi connectivity index (χ1) is 14.9. The number of rotatable bonds is 7. The zero-order chi connectivity index (χ0) is 23.6. The van der Waals surface area contributed by atoms with Crippen LogP contribution in [0.2, 0.25) is 0 Å². The first-order valence-electron chi connectivity index (χ1n) is 8.88. The first kappa shape index (κ1) is 24.0. The minimum absolute atomic E-state index is 0.0400. The van der Waals surface area contributed by atoms with Gasteiger partial charge in [0.05, 0.1) is 15.4 Å². The lowest BCUT2D eigenvalue weighted by Crippen LogP contribution is -2.15. The van der Waals surface area contributed by atoms with Crippen LogP contribution in [0.25, 0.3) is 0 Å². The van der Waals surface area contributed by atoms with Gasteiger partial charge in [0.2, 0.25) is 0 Å². The molecule has 0 bridgehead atoms. The van der Waals surface area contributed by atoms with Crippen LogP contribution in [0.3, 0.4) is 0 Å². The number of sulfonamides is 2. The Morgan fingerprint density at radius 2 is 1.22 bits per heavy atom. The van der Waals surface area contributed by atoms with E-state index in [4.69, 9.17) is 0 Å². The molecule has 0 saturated carbocycles. The van der Waals surface area contributed by atoms with E-state index in [1.165, 1.54) is 42.1 Å². The van der Waals surface area contributed by atoms with Crippen LogP contribution in [0.15, 0.2) is 87.5 Å². The second-order valence-corrected chi connectivity index (χ2v) is 10.7. The Morgan fingerprint density at radius 3 is 1.72 bits per heavy atom. The fourth-order valence-electron chi connectivity index (χ4n) is 2.64. The molecule has 0 radical (unpaired) electrons. The SMILES string of the molecule is CSc1ccc(S(=O)(=O)Nc2ccc(S(=O)(=O)Nc3cccc(C(F)(F)F)c3)cc2)cc1. The fraction of sp³-hybridized carbons (Fsp3) is 0.100. The van der Waals surface area contributed by atoms with Crippen molar-refractivity contribution in [3.8, 4) is 0 Å². The predicted octanol–water partition coefficient (Wildman–Crippen LogP) is 5.03. The summed E-state index contributed by atoms with van der Waals surface area (Å²) in [7, 11) is -8.08. The van der Waals surface area contributed by atoms with Crippen molar-refractivity contribution in [1.82, 2.24) is 0 Å². The van der Waals surface area contributed by atoms with Crippen LogP contribution < -0.4 is 9.44 Å². The van der Waals surface area contributed by atoms with E-state index in [-0.39, 0.29) is 21.2 Å². The molecule has 0 heterocycles. The van der Waals surface area contributed by atoms with Gasteiger partial charge in [-0.1, -0.05) is 6.07 Å². The van der Waals surface area contributed by atoms with Crippen molar-refractivity contribution in [2.45, 2.75) is 20.9 Å². The molecule has 2 N–H and O–H groups in total. The molecule has 0 fully saturated rings. The largest absolute Gasteiger partial charge is 0.416 e. The molecular weight excluding hydrogens is 485 g/mol. The zero-order valence-corrected chi connectivity index (χ0v) is 18.9. The lowest BCUT2D eigenvalue weighted by atomic mass is 10.2. The molecule has 0 unspecified atom stereocenters. The van der Waals surface area contributed by atoms with E-state index in [1.54, 1.807) is 12.1 Å². The minimum atomic E-state index is -4.62. The van der Waals surface area contributed by atoms with Crippen molar-refractivity contribution < 1.29 is 30.0 Å². The molecule has 0 atom stereocenters. The van der Waals surface area contributed by atoms with Gasteiger partial charge in [0, 0.05) is 16.3 Å². The summed E-state index contributed by atoms with van der Waals surface area (Å²) in [5.74, 6) is 0. The Kier molecular flexibility index (Phi) is 6.77. The monoisotopic (exact) mass is 502 g/mol. The molecule has 0 amide bonds. The van der Waals surface area contributed by atoms with Crippen LogP contribution in [0.1, 0.15) is 5.56 Å². The van der Waals surface area contributed by atoms with Crippen molar-refractivity contribution in [2.75, 3.05) is 15.7 Å². The average Bonchev–Trinajstić information content (AvgIpc) is 2.73. The maximum absolute atomic E-state index is 12.8. The number of halogens is 3. The maximum Gasteiger partial charge on any atom is 0.416 e. The van der Waals surface area contributed by atoms with E-state index in [0.29, 0.717) is 6.07 Å². The number of alkyl halides is 3. The number of benzene rings is 3. The molecule has 0 aliphatic carbocycles. The average molecular weight is 503 g/mol. The molecule has 170 valence electrons. The number of anilines is 2. The molecule has 3 aromatic rings. The van der Waals surface area contributed by atoms with E-state index in [1.807, 2.05) is 6.26 Å². The second-order valence-electron chi connectivity index (χ2n) is 6.49. The summed E-state index contributed by atoms with van der Waals surface area (Å²) >= 11 is 1.46. The maximum atomic E-state index is 12.8. The standard InChI is InChI=1S/C20H17F3N2O4S3/c1-30-17-7-11-19(12-8-17)31(26,27)24-15-5-9-18(10-6-15)32(28,29)25-16-4-2-3-14(13-16)20(21,22)23/h2-13,24-25H,1H3. The van der Waals surface area contributed by atoms with Gasteiger partial charge in [-0.25, -0.2) is 16.8 Å². The Hall–Kier alpha value is -2.70. The summed E-state index contributed by atoms with van der Waals surface area (Å²) in [6.07, 6.45) is -2.75. The summed E-state index contributed by atoms with van der Waals surface area (Å²) in [5.41, 5.74) is -1.12. The van der Waals surface area contributed by atoms with E-state index in [2.05, 4.69) is 9.44 Å². The first-order valence-corrected chi connectivity index (χ1v) is 13.1. The van der Waals surface area contributed by atoms with Gasteiger partial charge in [0.25, 0.3) is 20.0 Å². The molecule has 0 spiro atoms. The molecule has 32 heavy (non-hydrogen) atoms. The van der Waals surface area contributed by atoms with Crippen molar-refractivity contribution in [2.24, 2.45) is 0 Å². The summed E-state index contributed by atoms with van der Waals surface area (Å²) < 4.78 is 92.9. The van der Waals surface area contributed by atoms with Gasteiger partial charge in [0.1, 0.15) is 0 Å². The highest BCUT2D eigenvalue weighted by molar-refractivity contribution is 7.98.